The molecule has 0 saturated carbocycles. The van der Waals surface area contributed by atoms with Gasteiger partial charge in [0.05, 0.1) is 6.04 Å². The number of hydrogen-bond acceptors (Lipinski definition) is 6. The molecule has 1 aliphatic rings. The van der Waals surface area contributed by atoms with Crippen molar-refractivity contribution in [2.24, 2.45) is 22.2 Å². The highest BCUT2D eigenvalue weighted by atomic mass is 35.5. The third-order valence-electron chi connectivity index (χ3n) is 3.97. The van der Waals surface area contributed by atoms with Gasteiger partial charge in [0.2, 0.25) is 11.8 Å². The highest BCUT2D eigenvalue weighted by molar-refractivity contribution is 6.17. The van der Waals surface area contributed by atoms with Crippen molar-refractivity contribution in [1.29, 1.82) is 0 Å². The lowest BCUT2D eigenvalue weighted by Crippen LogP contribution is -2.53. The van der Waals surface area contributed by atoms with Gasteiger partial charge in [0, 0.05) is 13.1 Å². The van der Waals surface area contributed by atoms with E-state index in [0.29, 0.717) is 32.4 Å². The number of guanidine groups is 1. The topological polar surface area (TPSA) is 166 Å². The minimum absolute atomic E-state index is 0.0510. The lowest BCUT2D eigenvalue weighted by atomic mass is 10.1. The second-order valence-corrected chi connectivity index (χ2v) is 6.28. The summed E-state index contributed by atoms with van der Waals surface area (Å²) in [5.41, 5.74) is 16.1. The predicted octanol–water partition coefficient (Wildman–Crippen LogP) is -1.40. The molecule has 0 radical (unpaired) electrons. The van der Waals surface area contributed by atoms with Crippen LogP contribution in [0.15, 0.2) is 4.99 Å². The second kappa shape index (κ2) is 10.8. The van der Waals surface area contributed by atoms with Crippen molar-refractivity contribution in [3.63, 3.8) is 0 Å². The molecule has 3 atom stereocenters. The van der Waals surface area contributed by atoms with Crippen molar-refractivity contribution >= 4 is 35.3 Å². The molecule has 0 bridgehead atoms. The summed E-state index contributed by atoms with van der Waals surface area (Å²) in [6.45, 7) is 2.33. The molecule has 0 spiro atoms. The summed E-state index contributed by atoms with van der Waals surface area (Å²) in [7, 11) is 0. The Bertz CT molecular complexity index is 538. The molecule has 1 saturated heterocycles. The van der Waals surface area contributed by atoms with Gasteiger partial charge >= 0.3 is 5.97 Å². The lowest BCUT2D eigenvalue weighted by Gasteiger charge is -2.27. The molecule has 1 heterocycles. The summed E-state index contributed by atoms with van der Waals surface area (Å²) >= 11 is 5.43. The van der Waals surface area contributed by atoms with Gasteiger partial charge in [-0.3, -0.25) is 14.6 Å². The van der Waals surface area contributed by atoms with E-state index in [9.17, 15) is 14.4 Å². The summed E-state index contributed by atoms with van der Waals surface area (Å²) in [4.78, 5) is 42.0. The summed E-state index contributed by atoms with van der Waals surface area (Å²) in [5, 5.41) is 2.64. The van der Waals surface area contributed by atoms with E-state index in [0.717, 1.165) is 0 Å². The molecular formula is C15H27ClN6O4. The summed E-state index contributed by atoms with van der Waals surface area (Å²) in [6, 6.07) is -2.57. The van der Waals surface area contributed by atoms with Crippen LogP contribution in [0.4, 0.5) is 0 Å². The van der Waals surface area contributed by atoms with E-state index >= 15 is 0 Å². The van der Waals surface area contributed by atoms with E-state index in [1.807, 2.05) is 0 Å². The number of likely N-dealkylation sites (tertiary alicyclic amines) is 1. The fourth-order valence-corrected chi connectivity index (χ4v) is 2.85. The van der Waals surface area contributed by atoms with Crippen LogP contribution in [0.3, 0.4) is 0 Å². The molecule has 0 aliphatic carbocycles. The predicted molar refractivity (Wildman–Crippen MR) is 97.0 cm³/mol. The van der Waals surface area contributed by atoms with Gasteiger partial charge in [-0.15, -0.1) is 0 Å². The fourth-order valence-electron chi connectivity index (χ4n) is 2.74. The molecule has 26 heavy (non-hydrogen) atoms. The van der Waals surface area contributed by atoms with E-state index in [1.54, 1.807) is 6.92 Å². The monoisotopic (exact) mass is 390 g/mol. The SMILES string of the molecule is C[C@H](N)C(=O)N1CCC[C@H]1C(=O)N[C@@H](CCCN=C(N)N)C(=O)OCCl. The Morgan fingerprint density at radius 3 is 2.65 bits per heavy atom. The average Bonchev–Trinajstić information content (AvgIpc) is 3.06. The zero-order valence-electron chi connectivity index (χ0n) is 14.8. The minimum atomic E-state index is -0.900. The van der Waals surface area contributed by atoms with E-state index in [4.69, 9.17) is 33.5 Å². The van der Waals surface area contributed by atoms with Crippen molar-refractivity contribution in [2.75, 3.05) is 19.2 Å². The second-order valence-electron chi connectivity index (χ2n) is 6.06. The van der Waals surface area contributed by atoms with Crippen LogP contribution in [0.2, 0.25) is 0 Å². The maximum absolute atomic E-state index is 12.6. The molecule has 1 rings (SSSR count). The number of ether oxygens (including phenoxy) is 1. The van der Waals surface area contributed by atoms with Crippen LogP contribution < -0.4 is 22.5 Å². The Morgan fingerprint density at radius 2 is 2.08 bits per heavy atom. The first-order valence-electron chi connectivity index (χ1n) is 8.42. The molecule has 7 N–H and O–H groups in total. The number of hydrogen-bond donors (Lipinski definition) is 4. The Hall–Kier alpha value is -2.07. The Kier molecular flexibility index (Phi) is 9.14. The van der Waals surface area contributed by atoms with Crippen LogP contribution in [0.25, 0.3) is 0 Å². The smallest absolute Gasteiger partial charge is 0.329 e. The van der Waals surface area contributed by atoms with Crippen molar-refractivity contribution in [3.8, 4) is 0 Å². The van der Waals surface area contributed by atoms with Crippen LogP contribution in [-0.2, 0) is 19.1 Å². The maximum atomic E-state index is 12.6. The minimum Gasteiger partial charge on any atom is -0.448 e. The molecular weight excluding hydrogens is 364 g/mol. The van der Waals surface area contributed by atoms with E-state index in [2.05, 4.69) is 10.3 Å². The van der Waals surface area contributed by atoms with Crippen LogP contribution >= 0.6 is 11.6 Å². The van der Waals surface area contributed by atoms with Crippen molar-refractivity contribution in [1.82, 2.24) is 10.2 Å². The molecule has 148 valence electrons. The maximum Gasteiger partial charge on any atom is 0.329 e. The van der Waals surface area contributed by atoms with E-state index < -0.39 is 30.0 Å². The molecule has 0 aromatic rings. The van der Waals surface area contributed by atoms with Crippen LogP contribution in [0.1, 0.15) is 32.6 Å². The van der Waals surface area contributed by atoms with Gasteiger partial charge in [0.25, 0.3) is 0 Å². The fraction of sp³-hybridized carbons (Fsp3) is 0.733. The third kappa shape index (κ3) is 6.68. The zero-order valence-corrected chi connectivity index (χ0v) is 15.6. The van der Waals surface area contributed by atoms with E-state index in [1.165, 1.54) is 4.90 Å². The van der Waals surface area contributed by atoms with Gasteiger partial charge < -0.3 is 32.2 Å². The van der Waals surface area contributed by atoms with E-state index in [-0.39, 0.29) is 24.4 Å². The van der Waals surface area contributed by atoms with Gasteiger partial charge in [-0.25, -0.2) is 4.79 Å². The van der Waals surface area contributed by atoms with Crippen molar-refractivity contribution in [2.45, 2.75) is 50.7 Å². The first kappa shape index (κ1) is 22.0. The Balaban J connectivity index is 2.72. The molecule has 1 fully saturated rings. The van der Waals surface area contributed by atoms with Gasteiger partial charge in [0.15, 0.2) is 12.0 Å². The number of nitrogens with zero attached hydrogens (tertiary/aromatic N) is 2. The average molecular weight is 391 g/mol. The summed E-state index contributed by atoms with van der Waals surface area (Å²) in [6.07, 6.45) is 1.92. The number of carbonyl (C=O) groups excluding carboxylic acids is 3. The molecule has 10 nitrogen and oxygen atoms in total. The molecule has 0 aromatic heterocycles. The first-order chi connectivity index (χ1) is 12.3. The lowest BCUT2D eigenvalue weighted by molar-refractivity contribution is -0.147. The number of amides is 2. The summed E-state index contributed by atoms with van der Waals surface area (Å²) < 4.78 is 4.78. The molecule has 0 unspecified atom stereocenters. The largest absolute Gasteiger partial charge is 0.448 e. The standard InChI is InChI=1S/C15H27ClN6O4/c1-9(17)13(24)22-7-3-5-11(22)12(23)21-10(14(25)26-8-16)4-2-6-20-15(18)19/h9-11H,2-8,17H2,1H3,(H,21,23)(H4,18,19,20)/t9-,10-,11-/m0/s1. The molecule has 2 amide bonds. The highest BCUT2D eigenvalue weighted by Crippen LogP contribution is 2.19. The Labute approximate surface area is 157 Å². The highest BCUT2D eigenvalue weighted by Gasteiger charge is 2.36. The quantitative estimate of drug-likeness (QED) is 0.123. The van der Waals surface area contributed by atoms with Gasteiger partial charge in [-0.05, 0) is 32.6 Å². The van der Waals surface area contributed by atoms with Crippen molar-refractivity contribution < 1.29 is 19.1 Å². The molecule has 0 aromatic carbocycles. The number of nitrogens with one attached hydrogen (secondary N) is 1. The normalized spacial score (nSPS) is 18.7. The number of nitrogens with two attached hydrogens (primary N) is 3. The van der Waals surface area contributed by atoms with Crippen LogP contribution in [0.5, 0.6) is 0 Å². The van der Waals surface area contributed by atoms with Crippen LogP contribution in [0, 0.1) is 0 Å². The number of esters is 1. The number of aliphatic imine (C=N–C) groups is 1. The Morgan fingerprint density at radius 1 is 1.38 bits per heavy atom. The third-order valence-corrected chi connectivity index (χ3v) is 4.08. The first-order valence-corrected chi connectivity index (χ1v) is 8.95. The molecule has 11 heteroatoms. The number of carbonyl (C=O) groups is 3. The number of halogens is 1. The number of alkyl halides is 1. The van der Waals surface area contributed by atoms with Gasteiger partial charge in [-0.2, -0.15) is 0 Å². The summed E-state index contributed by atoms with van der Waals surface area (Å²) in [5.74, 6) is -1.42. The van der Waals surface area contributed by atoms with Crippen molar-refractivity contribution in [3.05, 3.63) is 0 Å². The van der Waals surface area contributed by atoms with Gasteiger partial charge in [-0.1, -0.05) is 11.6 Å². The number of rotatable bonds is 9. The van der Waals surface area contributed by atoms with Crippen LogP contribution in [-0.4, -0.2) is 65.9 Å². The molecule has 1 aliphatic heterocycles. The van der Waals surface area contributed by atoms with Gasteiger partial charge in [0.1, 0.15) is 12.1 Å². The zero-order chi connectivity index (χ0) is 19.7.